The first-order valence-corrected chi connectivity index (χ1v) is 6.23. The maximum Gasteiger partial charge on any atom is 0.0610 e. The highest BCUT2D eigenvalue weighted by atomic mass is 79.9. The van der Waals surface area contributed by atoms with E-state index in [4.69, 9.17) is 0 Å². The van der Waals surface area contributed by atoms with E-state index >= 15 is 0 Å². The zero-order valence-electron chi connectivity index (χ0n) is 10.4. The van der Waals surface area contributed by atoms with Gasteiger partial charge in [0.25, 0.3) is 0 Å². The second-order valence-electron chi connectivity index (χ2n) is 4.90. The topological polar surface area (TPSA) is 23.5 Å². The van der Waals surface area contributed by atoms with Crippen molar-refractivity contribution in [2.75, 3.05) is 13.7 Å². The zero-order valence-corrected chi connectivity index (χ0v) is 12.0. The molecule has 0 fully saturated rings. The van der Waals surface area contributed by atoms with E-state index in [1.807, 2.05) is 20.9 Å². The minimum Gasteiger partial charge on any atom is -0.394 e. The normalized spacial score (nSPS) is 12.2. The van der Waals surface area contributed by atoms with E-state index in [0.29, 0.717) is 0 Å². The minimum absolute atomic E-state index is 0.163. The van der Waals surface area contributed by atoms with Gasteiger partial charge in [-0.2, -0.15) is 0 Å². The Labute approximate surface area is 106 Å². The van der Waals surface area contributed by atoms with Gasteiger partial charge in [0.15, 0.2) is 0 Å². The Bertz CT molecular complexity index is 363. The molecule has 0 saturated heterocycles. The van der Waals surface area contributed by atoms with Gasteiger partial charge in [-0.1, -0.05) is 22.0 Å². The number of halogens is 1. The van der Waals surface area contributed by atoms with Gasteiger partial charge in [0.05, 0.1) is 6.61 Å². The van der Waals surface area contributed by atoms with E-state index in [9.17, 15) is 5.11 Å². The van der Waals surface area contributed by atoms with Crippen LogP contribution in [0.1, 0.15) is 25.0 Å². The average Bonchev–Trinajstić information content (AvgIpc) is 2.23. The van der Waals surface area contributed by atoms with E-state index < -0.39 is 0 Å². The molecular formula is C13H20BrNO. The molecule has 0 heterocycles. The van der Waals surface area contributed by atoms with Crippen LogP contribution in [0.4, 0.5) is 0 Å². The van der Waals surface area contributed by atoms with Crippen LogP contribution < -0.4 is 0 Å². The number of aliphatic hydroxyl groups excluding tert-OH is 1. The number of aryl methyl sites for hydroxylation is 1. The van der Waals surface area contributed by atoms with Crippen molar-refractivity contribution in [1.29, 1.82) is 0 Å². The number of nitrogens with zero attached hydrogens (tertiary/aromatic N) is 1. The molecular weight excluding hydrogens is 266 g/mol. The lowest BCUT2D eigenvalue weighted by Gasteiger charge is -2.34. The third kappa shape index (κ3) is 3.30. The van der Waals surface area contributed by atoms with Crippen LogP contribution in [0.2, 0.25) is 0 Å². The Morgan fingerprint density at radius 1 is 1.38 bits per heavy atom. The van der Waals surface area contributed by atoms with Crippen molar-refractivity contribution in [2.24, 2.45) is 0 Å². The number of likely N-dealkylation sites (N-methyl/N-ethyl adjacent to an activating group) is 1. The van der Waals surface area contributed by atoms with Gasteiger partial charge in [-0.3, -0.25) is 4.90 Å². The van der Waals surface area contributed by atoms with Crippen LogP contribution in [0.3, 0.4) is 0 Å². The highest BCUT2D eigenvalue weighted by Gasteiger charge is 2.22. The van der Waals surface area contributed by atoms with Crippen LogP contribution in [-0.4, -0.2) is 29.2 Å². The number of hydrogen-bond donors (Lipinski definition) is 1. The fourth-order valence-electron chi connectivity index (χ4n) is 1.40. The van der Waals surface area contributed by atoms with Crippen LogP contribution in [0.15, 0.2) is 22.7 Å². The fraction of sp³-hybridized carbons (Fsp3) is 0.538. The van der Waals surface area contributed by atoms with E-state index in [1.54, 1.807) is 0 Å². The lowest BCUT2D eigenvalue weighted by Crippen LogP contribution is -2.43. The number of aliphatic hydroxyl groups is 1. The predicted molar refractivity (Wildman–Crippen MR) is 71.5 cm³/mol. The number of hydrogen-bond acceptors (Lipinski definition) is 2. The summed E-state index contributed by atoms with van der Waals surface area (Å²) in [6, 6.07) is 6.30. The molecule has 90 valence electrons. The SMILES string of the molecule is Cc1ccc(Br)cc1CN(C)C(C)(C)CO. The van der Waals surface area contributed by atoms with Crippen molar-refractivity contribution >= 4 is 15.9 Å². The molecule has 0 atom stereocenters. The number of rotatable bonds is 4. The summed E-state index contributed by atoms with van der Waals surface area (Å²) in [6.45, 7) is 7.21. The van der Waals surface area contributed by atoms with Crippen LogP contribution in [0.25, 0.3) is 0 Å². The first kappa shape index (κ1) is 13.7. The van der Waals surface area contributed by atoms with Crippen molar-refractivity contribution in [3.05, 3.63) is 33.8 Å². The smallest absolute Gasteiger partial charge is 0.0610 e. The molecule has 0 unspecified atom stereocenters. The molecule has 16 heavy (non-hydrogen) atoms. The molecule has 1 rings (SSSR count). The molecule has 3 heteroatoms. The van der Waals surface area contributed by atoms with Gasteiger partial charge < -0.3 is 5.11 Å². The second kappa shape index (κ2) is 5.30. The van der Waals surface area contributed by atoms with E-state index in [-0.39, 0.29) is 12.1 Å². The molecule has 0 aliphatic carbocycles. The van der Waals surface area contributed by atoms with Crippen LogP contribution in [0, 0.1) is 6.92 Å². The Morgan fingerprint density at radius 3 is 2.56 bits per heavy atom. The van der Waals surface area contributed by atoms with Crippen molar-refractivity contribution in [1.82, 2.24) is 4.90 Å². The van der Waals surface area contributed by atoms with Crippen molar-refractivity contribution in [3.8, 4) is 0 Å². The second-order valence-corrected chi connectivity index (χ2v) is 5.81. The summed E-state index contributed by atoms with van der Waals surface area (Å²) in [6.07, 6.45) is 0. The summed E-state index contributed by atoms with van der Waals surface area (Å²) >= 11 is 3.49. The van der Waals surface area contributed by atoms with Crippen molar-refractivity contribution < 1.29 is 5.11 Å². The molecule has 0 aromatic heterocycles. The molecule has 0 aliphatic heterocycles. The van der Waals surface area contributed by atoms with Gasteiger partial charge in [0.1, 0.15) is 0 Å². The summed E-state index contributed by atoms with van der Waals surface area (Å²) in [5, 5.41) is 9.32. The zero-order chi connectivity index (χ0) is 12.3. The molecule has 1 aromatic rings. The molecule has 0 saturated carbocycles. The summed E-state index contributed by atoms with van der Waals surface area (Å²) in [5.41, 5.74) is 2.39. The molecule has 1 N–H and O–H groups in total. The van der Waals surface area contributed by atoms with Crippen molar-refractivity contribution in [3.63, 3.8) is 0 Å². The maximum absolute atomic E-state index is 9.32. The monoisotopic (exact) mass is 285 g/mol. The number of benzene rings is 1. The summed E-state index contributed by atoms with van der Waals surface area (Å²) in [5.74, 6) is 0. The van der Waals surface area contributed by atoms with Crippen LogP contribution in [0.5, 0.6) is 0 Å². The molecule has 1 aromatic carbocycles. The third-order valence-corrected chi connectivity index (χ3v) is 3.63. The third-order valence-electron chi connectivity index (χ3n) is 3.14. The van der Waals surface area contributed by atoms with E-state index in [0.717, 1.165) is 11.0 Å². The van der Waals surface area contributed by atoms with Gasteiger partial charge in [0, 0.05) is 16.6 Å². The Hall–Kier alpha value is -0.380. The van der Waals surface area contributed by atoms with Crippen LogP contribution in [-0.2, 0) is 6.54 Å². The van der Waals surface area contributed by atoms with Crippen molar-refractivity contribution in [2.45, 2.75) is 32.9 Å². The van der Waals surface area contributed by atoms with Gasteiger partial charge in [0.2, 0.25) is 0 Å². The molecule has 2 nitrogen and oxygen atoms in total. The highest BCUT2D eigenvalue weighted by molar-refractivity contribution is 9.10. The molecule has 0 amide bonds. The maximum atomic E-state index is 9.32. The first-order valence-electron chi connectivity index (χ1n) is 5.44. The summed E-state index contributed by atoms with van der Waals surface area (Å²) in [4.78, 5) is 2.17. The minimum atomic E-state index is -0.186. The molecule has 0 aliphatic rings. The first-order chi connectivity index (χ1) is 7.36. The van der Waals surface area contributed by atoms with Gasteiger partial charge in [-0.15, -0.1) is 0 Å². The molecule has 0 bridgehead atoms. The summed E-state index contributed by atoms with van der Waals surface area (Å²) in [7, 11) is 2.04. The molecule has 0 radical (unpaired) electrons. The summed E-state index contributed by atoms with van der Waals surface area (Å²) < 4.78 is 1.10. The van der Waals surface area contributed by atoms with Gasteiger partial charge in [-0.05, 0) is 51.1 Å². The molecule has 0 spiro atoms. The van der Waals surface area contributed by atoms with Gasteiger partial charge >= 0.3 is 0 Å². The largest absolute Gasteiger partial charge is 0.394 e. The average molecular weight is 286 g/mol. The highest BCUT2D eigenvalue weighted by Crippen LogP contribution is 2.20. The van der Waals surface area contributed by atoms with E-state index in [1.165, 1.54) is 11.1 Å². The standard InChI is InChI=1S/C13H20BrNO/c1-10-5-6-12(14)7-11(10)8-15(4)13(2,3)9-16/h5-7,16H,8-9H2,1-4H3. The Morgan fingerprint density at radius 2 is 2.00 bits per heavy atom. The van der Waals surface area contributed by atoms with Crippen LogP contribution >= 0.6 is 15.9 Å². The fourth-order valence-corrected chi connectivity index (χ4v) is 1.81. The lowest BCUT2D eigenvalue weighted by atomic mass is 10.0. The quantitative estimate of drug-likeness (QED) is 0.920. The Kier molecular flexibility index (Phi) is 4.53. The lowest BCUT2D eigenvalue weighted by molar-refractivity contribution is 0.0732. The Balaban J connectivity index is 2.84. The van der Waals surface area contributed by atoms with E-state index in [2.05, 4.69) is 46.0 Å². The van der Waals surface area contributed by atoms with Gasteiger partial charge in [-0.25, -0.2) is 0 Å². The predicted octanol–water partition coefficient (Wildman–Crippen LogP) is 2.96.